The molecule has 0 rings (SSSR count). The molecule has 0 saturated heterocycles. The second kappa shape index (κ2) is 19.0. The third kappa shape index (κ3) is 20.0. The van der Waals surface area contributed by atoms with E-state index in [1.165, 1.54) is 96.3 Å². The molecule has 0 spiro atoms. The third-order valence-electron chi connectivity index (χ3n) is 4.68. The molecule has 133 valence electrons. The van der Waals surface area contributed by atoms with Gasteiger partial charge in [-0.15, -0.1) is 0 Å². The van der Waals surface area contributed by atoms with E-state index in [9.17, 15) is 5.11 Å². The quantitative estimate of drug-likeness (QED) is 0.231. The Bertz CT molecular complexity index is 188. The molecule has 0 atom stereocenters. The Morgan fingerprint density at radius 3 is 1.00 bits per heavy atom. The Morgan fingerprint density at radius 2 is 0.727 bits per heavy atom. The molecule has 0 amide bonds. The SMILES string of the molecule is CC(C)CCCCCCCCCCCCCCCCCC[O]. The van der Waals surface area contributed by atoms with Gasteiger partial charge >= 0.3 is 0 Å². The number of hydrogen-bond acceptors (Lipinski definition) is 0. The highest BCUT2D eigenvalue weighted by atomic mass is 16.2. The minimum Gasteiger partial charge on any atom is -0.237 e. The molecule has 0 aliphatic carbocycles. The van der Waals surface area contributed by atoms with Crippen LogP contribution in [-0.4, -0.2) is 6.61 Å². The Hall–Kier alpha value is -0.0400. The van der Waals surface area contributed by atoms with Crippen molar-refractivity contribution >= 4 is 0 Å². The largest absolute Gasteiger partial charge is 0.237 e. The van der Waals surface area contributed by atoms with Gasteiger partial charge in [0.05, 0.1) is 6.61 Å². The predicted octanol–water partition coefficient (Wildman–Crippen LogP) is 7.70. The Kier molecular flexibility index (Phi) is 19.0. The van der Waals surface area contributed by atoms with Crippen molar-refractivity contribution in [2.45, 2.75) is 123 Å². The number of unbranched alkanes of at least 4 members (excludes halogenated alkanes) is 15. The molecular weight excluding hydrogens is 268 g/mol. The first-order valence-corrected chi connectivity index (χ1v) is 10.4. The first-order chi connectivity index (χ1) is 10.8. The van der Waals surface area contributed by atoms with E-state index in [0.29, 0.717) is 0 Å². The fourth-order valence-electron chi connectivity index (χ4n) is 3.13. The smallest absolute Gasteiger partial charge is 0.0822 e. The summed E-state index contributed by atoms with van der Waals surface area (Å²) in [6.07, 6.45) is 23.4. The van der Waals surface area contributed by atoms with E-state index in [2.05, 4.69) is 13.8 Å². The molecule has 0 N–H and O–H groups in total. The molecule has 1 nitrogen and oxygen atoms in total. The topological polar surface area (TPSA) is 19.9 Å². The molecule has 0 aromatic heterocycles. The third-order valence-corrected chi connectivity index (χ3v) is 4.68. The van der Waals surface area contributed by atoms with E-state index in [0.717, 1.165) is 18.8 Å². The summed E-state index contributed by atoms with van der Waals surface area (Å²) in [5.41, 5.74) is 0. The summed E-state index contributed by atoms with van der Waals surface area (Å²) in [4.78, 5) is 0. The lowest BCUT2D eigenvalue weighted by Gasteiger charge is -2.05. The van der Waals surface area contributed by atoms with Crippen molar-refractivity contribution in [1.29, 1.82) is 0 Å². The fraction of sp³-hybridized carbons (Fsp3) is 1.00. The molecule has 0 aromatic rings. The molecule has 1 radical (unpaired) electrons. The van der Waals surface area contributed by atoms with Crippen LogP contribution in [0.4, 0.5) is 0 Å². The summed E-state index contributed by atoms with van der Waals surface area (Å²) in [5.74, 6) is 0.887. The predicted molar refractivity (Wildman–Crippen MR) is 98.9 cm³/mol. The van der Waals surface area contributed by atoms with Crippen molar-refractivity contribution in [3.05, 3.63) is 0 Å². The highest BCUT2D eigenvalue weighted by Gasteiger charge is 1.96. The average molecular weight is 312 g/mol. The van der Waals surface area contributed by atoms with Crippen molar-refractivity contribution in [2.24, 2.45) is 5.92 Å². The van der Waals surface area contributed by atoms with E-state index < -0.39 is 0 Å². The summed E-state index contributed by atoms with van der Waals surface area (Å²) < 4.78 is 0. The van der Waals surface area contributed by atoms with Crippen LogP contribution >= 0.6 is 0 Å². The molecule has 0 aliphatic rings. The highest BCUT2D eigenvalue weighted by Crippen LogP contribution is 2.14. The molecule has 0 heterocycles. The monoisotopic (exact) mass is 311 g/mol. The zero-order valence-electron chi connectivity index (χ0n) is 15.7. The van der Waals surface area contributed by atoms with Crippen molar-refractivity contribution in [1.82, 2.24) is 0 Å². The van der Waals surface area contributed by atoms with Gasteiger partial charge in [0.2, 0.25) is 0 Å². The minimum absolute atomic E-state index is 0.123. The van der Waals surface area contributed by atoms with Crippen LogP contribution in [0.15, 0.2) is 0 Å². The average Bonchev–Trinajstić information content (AvgIpc) is 2.50. The van der Waals surface area contributed by atoms with Gasteiger partial charge in [-0.05, 0) is 12.3 Å². The Balaban J connectivity index is 2.94. The second-order valence-electron chi connectivity index (χ2n) is 7.54. The lowest BCUT2D eigenvalue weighted by Crippen LogP contribution is -1.87. The van der Waals surface area contributed by atoms with E-state index in [-0.39, 0.29) is 6.61 Å². The number of hydrogen-bond donors (Lipinski definition) is 0. The van der Waals surface area contributed by atoms with Crippen LogP contribution in [-0.2, 0) is 5.11 Å². The van der Waals surface area contributed by atoms with Gasteiger partial charge in [0, 0.05) is 0 Å². The minimum atomic E-state index is 0.123. The highest BCUT2D eigenvalue weighted by molar-refractivity contribution is 4.51. The molecule has 0 saturated carbocycles. The van der Waals surface area contributed by atoms with Gasteiger partial charge in [-0.25, -0.2) is 5.11 Å². The van der Waals surface area contributed by atoms with Crippen LogP contribution in [0.5, 0.6) is 0 Å². The molecular formula is C21H43O. The maximum Gasteiger partial charge on any atom is 0.0822 e. The van der Waals surface area contributed by atoms with Gasteiger partial charge < -0.3 is 0 Å². The van der Waals surface area contributed by atoms with Crippen LogP contribution in [0.1, 0.15) is 123 Å². The summed E-state index contributed by atoms with van der Waals surface area (Å²) in [6.45, 7) is 4.78. The fourth-order valence-corrected chi connectivity index (χ4v) is 3.13. The van der Waals surface area contributed by atoms with Crippen LogP contribution in [0.25, 0.3) is 0 Å². The second-order valence-corrected chi connectivity index (χ2v) is 7.54. The zero-order chi connectivity index (χ0) is 16.3. The zero-order valence-corrected chi connectivity index (χ0v) is 15.7. The molecule has 0 aromatic carbocycles. The molecule has 22 heavy (non-hydrogen) atoms. The summed E-state index contributed by atoms with van der Waals surface area (Å²) in [6, 6.07) is 0. The lowest BCUT2D eigenvalue weighted by molar-refractivity contribution is 0.186. The van der Waals surface area contributed by atoms with E-state index in [1.54, 1.807) is 0 Å². The van der Waals surface area contributed by atoms with Crippen LogP contribution < -0.4 is 0 Å². The van der Waals surface area contributed by atoms with Crippen LogP contribution in [0.3, 0.4) is 0 Å². The van der Waals surface area contributed by atoms with Gasteiger partial charge in [-0.1, -0.05) is 117 Å². The van der Waals surface area contributed by atoms with Crippen molar-refractivity contribution in [2.75, 3.05) is 6.61 Å². The molecule has 0 aliphatic heterocycles. The maximum absolute atomic E-state index is 10.3. The van der Waals surface area contributed by atoms with Crippen molar-refractivity contribution in [3.8, 4) is 0 Å². The van der Waals surface area contributed by atoms with Gasteiger partial charge in [0.15, 0.2) is 0 Å². The van der Waals surface area contributed by atoms with Crippen molar-refractivity contribution in [3.63, 3.8) is 0 Å². The molecule has 1 heteroatoms. The van der Waals surface area contributed by atoms with Crippen molar-refractivity contribution < 1.29 is 5.11 Å². The standard InChI is InChI=1S/C21H43O/c1-21(2)19-17-15-13-11-9-7-5-3-4-6-8-10-12-14-16-18-20-22/h21H,3-20H2,1-2H3. The first-order valence-electron chi connectivity index (χ1n) is 10.4. The summed E-state index contributed by atoms with van der Waals surface area (Å²) in [7, 11) is 0. The van der Waals surface area contributed by atoms with E-state index in [1.807, 2.05) is 0 Å². The van der Waals surface area contributed by atoms with E-state index in [4.69, 9.17) is 0 Å². The van der Waals surface area contributed by atoms with E-state index >= 15 is 0 Å². The van der Waals surface area contributed by atoms with Crippen LogP contribution in [0, 0.1) is 5.92 Å². The molecule has 0 fully saturated rings. The lowest BCUT2D eigenvalue weighted by atomic mass is 10.0. The number of rotatable bonds is 18. The maximum atomic E-state index is 10.3. The Morgan fingerprint density at radius 1 is 0.455 bits per heavy atom. The normalized spacial score (nSPS) is 11.5. The molecule has 0 unspecified atom stereocenters. The Labute approximate surface area is 141 Å². The van der Waals surface area contributed by atoms with Gasteiger partial charge in [0.25, 0.3) is 0 Å². The summed E-state index contributed by atoms with van der Waals surface area (Å²) in [5, 5.41) is 10.3. The first kappa shape index (κ1) is 22.0. The van der Waals surface area contributed by atoms with Gasteiger partial charge in [0.1, 0.15) is 0 Å². The van der Waals surface area contributed by atoms with Gasteiger partial charge in [-0.2, -0.15) is 0 Å². The summed E-state index contributed by atoms with van der Waals surface area (Å²) >= 11 is 0. The van der Waals surface area contributed by atoms with Crippen LogP contribution in [0.2, 0.25) is 0 Å². The molecule has 0 bridgehead atoms. The van der Waals surface area contributed by atoms with Gasteiger partial charge in [-0.3, -0.25) is 0 Å².